The van der Waals surface area contributed by atoms with Crippen LogP contribution in [0, 0.1) is 0 Å². The van der Waals surface area contributed by atoms with E-state index in [2.05, 4.69) is 0 Å². The molecule has 0 aliphatic rings. The minimum absolute atomic E-state index is 0.0980. The fourth-order valence-electron chi connectivity index (χ4n) is 1.20. The van der Waals surface area contributed by atoms with Crippen LogP contribution in [0.2, 0.25) is 0 Å². The number of hydrogen-bond acceptors (Lipinski definition) is 5. The summed E-state index contributed by atoms with van der Waals surface area (Å²) in [5.74, 6) is -0.420. The number of esters is 1. The quantitative estimate of drug-likeness (QED) is 0.616. The van der Waals surface area contributed by atoms with Gasteiger partial charge in [0.25, 0.3) is 0 Å². The van der Waals surface area contributed by atoms with E-state index in [9.17, 15) is 14.7 Å². The first kappa shape index (κ1) is 12.0. The zero-order valence-corrected chi connectivity index (χ0v) is 9.02. The average Bonchev–Trinajstić information content (AvgIpc) is 2.27. The third kappa shape index (κ3) is 2.73. The Labute approximate surface area is 92.6 Å². The minimum Gasteiger partial charge on any atom is -0.504 e. The van der Waals surface area contributed by atoms with E-state index in [4.69, 9.17) is 9.47 Å². The summed E-state index contributed by atoms with van der Waals surface area (Å²) in [5, 5.41) is 9.69. The number of ether oxygens (including phenoxy) is 2. The van der Waals surface area contributed by atoms with Gasteiger partial charge in [-0.05, 0) is 12.1 Å². The molecule has 0 aliphatic heterocycles. The largest absolute Gasteiger partial charge is 0.504 e. The number of rotatable bonds is 4. The Hall–Kier alpha value is -2.04. The lowest BCUT2D eigenvalue weighted by molar-refractivity contribution is -0.142. The van der Waals surface area contributed by atoms with E-state index in [1.54, 1.807) is 0 Å². The maximum Gasteiger partial charge on any atom is 0.302 e. The van der Waals surface area contributed by atoms with Crippen molar-refractivity contribution in [2.75, 3.05) is 7.11 Å². The van der Waals surface area contributed by atoms with Crippen molar-refractivity contribution in [3.8, 4) is 11.5 Å². The molecule has 1 aromatic carbocycles. The molecule has 0 saturated carbocycles. The van der Waals surface area contributed by atoms with E-state index < -0.39 is 5.97 Å². The van der Waals surface area contributed by atoms with Gasteiger partial charge in [0, 0.05) is 18.1 Å². The second kappa shape index (κ2) is 5.16. The number of methoxy groups -OCH3 is 1. The van der Waals surface area contributed by atoms with Crippen LogP contribution < -0.4 is 4.74 Å². The number of carbonyl (C=O) groups is 2. The first-order chi connectivity index (χ1) is 7.58. The number of carbonyl (C=O) groups excluding carboxylic acids is 2. The normalized spacial score (nSPS) is 9.62. The van der Waals surface area contributed by atoms with Crippen molar-refractivity contribution in [1.82, 2.24) is 0 Å². The van der Waals surface area contributed by atoms with E-state index >= 15 is 0 Å². The summed E-state index contributed by atoms with van der Waals surface area (Å²) >= 11 is 0. The van der Waals surface area contributed by atoms with Gasteiger partial charge in [-0.2, -0.15) is 0 Å². The van der Waals surface area contributed by atoms with Crippen LogP contribution in [-0.2, 0) is 16.1 Å². The Kier molecular flexibility index (Phi) is 3.88. The number of aldehydes is 1. The topological polar surface area (TPSA) is 72.8 Å². The molecule has 0 unspecified atom stereocenters. The van der Waals surface area contributed by atoms with Gasteiger partial charge in [-0.15, -0.1) is 0 Å². The highest BCUT2D eigenvalue weighted by atomic mass is 16.5. The molecule has 0 spiro atoms. The predicted molar refractivity (Wildman–Crippen MR) is 55.5 cm³/mol. The molecule has 0 amide bonds. The Bertz CT molecular complexity index is 411. The molecule has 86 valence electrons. The summed E-state index contributed by atoms with van der Waals surface area (Å²) in [7, 11) is 1.37. The molecule has 0 fully saturated rings. The smallest absolute Gasteiger partial charge is 0.302 e. The Morgan fingerprint density at radius 2 is 2.19 bits per heavy atom. The highest BCUT2D eigenvalue weighted by molar-refractivity contribution is 5.77. The van der Waals surface area contributed by atoms with Crippen LogP contribution in [0.5, 0.6) is 11.5 Å². The van der Waals surface area contributed by atoms with Gasteiger partial charge in [0.1, 0.15) is 12.9 Å². The number of phenolic OH excluding ortho intramolecular Hbond substituents is 1. The van der Waals surface area contributed by atoms with E-state index in [0.29, 0.717) is 17.4 Å². The first-order valence-electron chi connectivity index (χ1n) is 4.57. The maximum absolute atomic E-state index is 10.6. The average molecular weight is 224 g/mol. The van der Waals surface area contributed by atoms with Gasteiger partial charge in [0.15, 0.2) is 11.5 Å². The highest BCUT2D eigenvalue weighted by Gasteiger charge is 2.11. The summed E-state index contributed by atoms with van der Waals surface area (Å²) < 4.78 is 9.62. The third-order valence-corrected chi connectivity index (χ3v) is 1.96. The van der Waals surface area contributed by atoms with E-state index in [0.717, 1.165) is 0 Å². The molecule has 0 radical (unpaired) electrons. The molecule has 0 aliphatic carbocycles. The Morgan fingerprint density at radius 3 is 2.69 bits per heavy atom. The minimum atomic E-state index is -0.463. The van der Waals surface area contributed by atoms with Gasteiger partial charge >= 0.3 is 5.97 Å². The Balaban J connectivity index is 3.05. The van der Waals surface area contributed by atoms with Crippen LogP contribution in [0.4, 0.5) is 0 Å². The lowest BCUT2D eigenvalue weighted by atomic mass is 10.1. The van der Waals surface area contributed by atoms with Gasteiger partial charge in [-0.3, -0.25) is 9.59 Å². The molecule has 5 nitrogen and oxygen atoms in total. The van der Waals surface area contributed by atoms with Crippen molar-refractivity contribution in [1.29, 1.82) is 0 Å². The molecule has 1 aromatic rings. The second-order valence-corrected chi connectivity index (χ2v) is 3.13. The summed E-state index contributed by atoms with van der Waals surface area (Å²) in [6, 6.07) is 2.84. The molecule has 1 rings (SSSR count). The van der Waals surface area contributed by atoms with Crippen molar-refractivity contribution < 1.29 is 24.2 Å². The van der Waals surface area contributed by atoms with Gasteiger partial charge in [-0.25, -0.2) is 0 Å². The molecule has 1 N–H and O–H groups in total. The van der Waals surface area contributed by atoms with E-state index in [1.807, 2.05) is 0 Å². The van der Waals surface area contributed by atoms with Gasteiger partial charge in [0.05, 0.1) is 7.11 Å². The van der Waals surface area contributed by atoms with Gasteiger partial charge in [0.2, 0.25) is 0 Å². The summed E-state index contributed by atoms with van der Waals surface area (Å²) in [5.41, 5.74) is 0.674. The van der Waals surface area contributed by atoms with Crippen molar-refractivity contribution in [3.63, 3.8) is 0 Å². The highest BCUT2D eigenvalue weighted by Crippen LogP contribution is 2.31. The Morgan fingerprint density at radius 1 is 1.50 bits per heavy atom. The van der Waals surface area contributed by atoms with Crippen LogP contribution in [-0.4, -0.2) is 24.5 Å². The van der Waals surface area contributed by atoms with Gasteiger partial charge in [-0.1, -0.05) is 0 Å². The maximum atomic E-state index is 10.6. The summed E-state index contributed by atoms with van der Waals surface area (Å²) in [4.78, 5) is 21.3. The van der Waals surface area contributed by atoms with Crippen LogP contribution in [0.3, 0.4) is 0 Å². The molecule has 0 heterocycles. The zero-order chi connectivity index (χ0) is 12.1. The number of phenols is 1. The zero-order valence-electron chi connectivity index (χ0n) is 9.02. The monoisotopic (exact) mass is 224 g/mol. The summed E-state index contributed by atoms with van der Waals surface area (Å²) in [6.45, 7) is 1.16. The third-order valence-electron chi connectivity index (χ3n) is 1.96. The molecule has 16 heavy (non-hydrogen) atoms. The van der Waals surface area contributed by atoms with Crippen LogP contribution in [0.1, 0.15) is 22.8 Å². The molecular weight excluding hydrogens is 212 g/mol. The molecule has 0 saturated heterocycles. The number of aromatic hydroxyl groups is 1. The van der Waals surface area contributed by atoms with E-state index in [1.165, 1.54) is 26.2 Å². The van der Waals surface area contributed by atoms with Crippen molar-refractivity contribution >= 4 is 12.3 Å². The van der Waals surface area contributed by atoms with Gasteiger partial charge < -0.3 is 14.6 Å². The fourth-order valence-corrected chi connectivity index (χ4v) is 1.20. The lowest BCUT2D eigenvalue weighted by Crippen LogP contribution is -2.00. The van der Waals surface area contributed by atoms with Crippen LogP contribution >= 0.6 is 0 Å². The standard InChI is InChI=1S/C11H12O5/c1-7(13)16-6-9-3-8(5-12)4-10(15-2)11(9)14/h3-5,14H,6H2,1-2H3. The lowest BCUT2D eigenvalue weighted by Gasteiger charge is -2.09. The molecular formula is C11H12O5. The predicted octanol–water partition coefficient (Wildman–Crippen LogP) is 1.28. The van der Waals surface area contributed by atoms with Crippen molar-refractivity contribution in [3.05, 3.63) is 23.3 Å². The fraction of sp³-hybridized carbons (Fsp3) is 0.273. The SMILES string of the molecule is COc1cc(C=O)cc(COC(C)=O)c1O. The summed E-state index contributed by atoms with van der Waals surface area (Å²) in [6.07, 6.45) is 0.624. The van der Waals surface area contributed by atoms with Crippen LogP contribution in [0.15, 0.2) is 12.1 Å². The number of benzene rings is 1. The molecule has 0 aromatic heterocycles. The second-order valence-electron chi connectivity index (χ2n) is 3.13. The molecule has 5 heteroatoms. The molecule has 0 atom stereocenters. The van der Waals surface area contributed by atoms with Crippen LogP contribution in [0.25, 0.3) is 0 Å². The van der Waals surface area contributed by atoms with E-state index in [-0.39, 0.29) is 18.1 Å². The van der Waals surface area contributed by atoms with Crippen molar-refractivity contribution in [2.45, 2.75) is 13.5 Å². The molecule has 0 bridgehead atoms. The first-order valence-corrected chi connectivity index (χ1v) is 4.57. The van der Waals surface area contributed by atoms with Crippen molar-refractivity contribution in [2.24, 2.45) is 0 Å². The number of hydrogen-bond donors (Lipinski definition) is 1.